The first-order valence-electron chi connectivity index (χ1n) is 9.33. The van der Waals surface area contributed by atoms with Crippen LogP contribution in [0.15, 0.2) is 36.4 Å². The van der Waals surface area contributed by atoms with E-state index in [2.05, 4.69) is 18.7 Å². The summed E-state index contributed by atoms with van der Waals surface area (Å²) in [7, 11) is 0. The Morgan fingerprint density at radius 2 is 2.00 bits per heavy atom. The molecule has 5 heteroatoms. The Morgan fingerprint density at radius 1 is 1.22 bits per heavy atom. The summed E-state index contributed by atoms with van der Waals surface area (Å²) >= 11 is 6.37. The number of likely N-dealkylation sites (tertiary alicyclic amines) is 1. The van der Waals surface area contributed by atoms with E-state index in [0.29, 0.717) is 22.4 Å². The van der Waals surface area contributed by atoms with Gasteiger partial charge in [0.25, 0.3) is 0 Å². The van der Waals surface area contributed by atoms with E-state index in [4.69, 9.17) is 22.6 Å². The second-order valence-corrected chi connectivity index (χ2v) is 8.20. The predicted octanol–water partition coefficient (Wildman–Crippen LogP) is 4.82. The Morgan fingerprint density at radius 3 is 2.70 bits per heavy atom. The highest BCUT2D eigenvalue weighted by Crippen LogP contribution is 2.31. The van der Waals surface area contributed by atoms with E-state index >= 15 is 0 Å². The number of nitrogens with two attached hydrogens (primary N) is 1. The van der Waals surface area contributed by atoms with Crippen LogP contribution in [0.5, 0.6) is 0 Å². The molecule has 1 saturated heterocycles. The Balaban J connectivity index is 1.85. The summed E-state index contributed by atoms with van der Waals surface area (Å²) in [5, 5.41) is 9.49. The molecule has 27 heavy (non-hydrogen) atoms. The van der Waals surface area contributed by atoms with Crippen LogP contribution in [0.2, 0.25) is 5.02 Å². The number of hydrogen-bond acceptors (Lipinski definition) is 3. The Kier molecular flexibility index (Phi) is 6.16. The maximum absolute atomic E-state index is 14.0. The lowest BCUT2D eigenvalue weighted by Gasteiger charge is -2.25. The van der Waals surface area contributed by atoms with Gasteiger partial charge in [0.1, 0.15) is 11.9 Å². The molecular formula is C22H25ClFN3. The molecule has 2 aromatic rings. The lowest BCUT2D eigenvalue weighted by molar-refractivity contribution is 0.227. The largest absolute Gasteiger partial charge is 0.327 e. The average molecular weight is 386 g/mol. The first-order valence-corrected chi connectivity index (χ1v) is 9.71. The normalized spacial score (nSPS) is 23.6. The fraction of sp³-hybridized carbons (Fsp3) is 0.409. The van der Waals surface area contributed by atoms with Gasteiger partial charge in [-0.15, -0.1) is 0 Å². The number of rotatable bonds is 3. The van der Waals surface area contributed by atoms with E-state index in [9.17, 15) is 4.39 Å². The molecule has 0 saturated carbocycles. The highest BCUT2D eigenvalue weighted by atomic mass is 35.5. The van der Waals surface area contributed by atoms with Crippen molar-refractivity contribution in [2.75, 3.05) is 13.1 Å². The molecule has 0 aromatic heterocycles. The van der Waals surface area contributed by atoms with Crippen LogP contribution in [0.4, 0.5) is 4.39 Å². The lowest BCUT2D eigenvalue weighted by Crippen LogP contribution is -2.34. The van der Waals surface area contributed by atoms with Crippen molar-refractivity contribution in [1.29, 1.82) is 5.26 Å². The second kappa shape index (κ2) is 8.39. The van der Waals surface area contributed by atoms with Gasteiger partial charge in [-0.1, -0.05) is 37.6 Å². The Bertz CT molecular complexity index is 861. The Hall–Kier alpha value is -1.93. The number of benzene rings is 2. The number of nitrogens with zero attached hydrogens (tertiary/aromatic N) is 2. The molecule has 2 aromatic carbocycles. The smallest absolute Gasteiger partial charge is 0.141 e. The van der Waals surface area contributed by atoms with Crippen molar-refractivity contribution in [3.05, 3.63) is 58.4 Å². The average Bonchev–Trinajstić information content (AvgIpc) is 2.74. The third kappa shape index (κ3) is 4.68. The van der Waals surface area contributed by atoms with E-state index in [1.807, 2.05) is 24.3 Å². The maximum Gasteiger partial charge on any atom is 0.141 e. The van der Waals surface area contributed by atoms with Crippen molar-refractivity contribution in [3.8, 4) is 17.2 Å². The van der Waals surface area contributed by atoms with Crippen LogP contribution in [0, 0.1) is 29.0 Å². The molecule has 1 aliphatic heterocycles. The summed E-state index contributed by atoms with van der Waals surface area (Å²) in [5.41, 5.74) is 8.91. The molecule has 3 rings (SSSR count). The second-order valence-electron chi connectivity index (χ2n) is 7.80. The SMILES string of the molecule is C[C@@H]1CC(N)[C@H](C)CN(Cc2ccc(Cl)c(-c3ccc(C#N)c(F)c3)c2)C1. The molecule has 1 heterocycles. The highest BCUT2D eigenvalue weighted by molar-refractivity contribution is 6.33. The minimum absolute atomic E-state index is 0.0370. The molecule has 1 aliphatic rings. The van der Waals surface area contributed by atoms with Crippen LogP contribution in [0.3, 0.4) is 0 Å². The van der Waals surface area contributed by atoms with Crippen LogP contribution in [-0.4, -0.2) is 24.0 Å². The fourth-order valence-electron chi connectivity index (χ4n) is 3.88. The monoisotopic (exact) mass is 385 g/mol. The first kappa shape index (κ1) is 19.8. The van der Waals surface area contributed by atoms with Gasteiger partial charge in [-0.2, -0.15) is 5.26 Å². The van der Waals surface area contributed by atoms with Gasteiger partial charge in [0.15, 0.2) is 0 Å². The van der Waals surface area contributed by atoms with Crippen LogP contribution in [0.25, 0.3) is 11.1 Å². The maximum atomic E-state index is 14.0. The van der Waals surface area contributed by atoms with Gasteiger partial charge in [0.2, 0.25) is 0 Å². The lowest BCUT2D eigenvalue weighted by atomic mass is 9.96. The summed E-state index contributed by atoms with van der Waals surface area (Å²) in [6.07, 6.45) is 1.05. The van der Waals surface area contributed by atoms with Gasteiger partial charge in [-0.3, -0.25) is 4.90 Å². The van der Waals surface area contributed by atoms with Crippen molar-refractivity contribution >= 4 is 11.6 Å². The van der Waals surface area contributed by atoms with Gasteiger partial charge >= 0.3 is 0 Å². The van der Waals surface area contributed by atoms with Crippen molar-refractivity contribution in [3.63, 3.8) is 0 Å². The zero-order valence-corrected chi connectivity index (χ0v) is 16.5. The zero-order valence-electron chi connectivity index (χ0n) is 15.8. The van der Waals surface area contributed by atoms with E-state index in [-0.39, 0.29) is 11.6 Å². The quantitative estimate of drug-likeness (QED) is 0.823. The van der Waals surface area contributed by atoms with Crippen molar-refractivity contribution in [2.45, 2.75) is 32.9 Å². The van der Waals surface area contributed by atoms with E-state index in [1.165, 1.54) is 12.1 Å². The topological polar surface area (TPSA) is 53.0 Å². The van der Waals surface area contributed by atoms with Crippen molar-refractivity contribution in [2.24, 2.45) is 17.6 Å². The fourth-order valence-corrected chi connectivity index (χ4v) is 4.11. The molecule has 3 nitrogen and oxygen atoms in total. The standard InChI is InChI=1S/C22H25ClFN3/c1-14-7-22(26)15(2)12-27(11-14)13-16-3-6-20(23)19(8-16)17-4-5-18(10-25)21(24)9-17/h3-6,8-9,14-15,22H,7,11-13,26H2,1-2H3/t14-,15-,22?/m1/s1. The van der Waals surface area contributed by atoms with Crippen molar-refractivity contribution in [1.82, 2.24) is 4.90 Å². The summed E-state index contributed by atoms with van der Waals surface area (Å²) in [6, 6.07) is 12.6. The molecule has 142 valence electrons. The number of halogens is 2. The summed E-state index contributed by atoms with van der Waals surface area (Å²) in [6.45, 7) is 7.25. The minimum atomic E-state index is -0.527. The summed E-state index contributed by atoms with van der Waals surface area (Å²) < 4.78 is 14.0. The highest BCUT2D eigenvalue weighted by Gasteiger charge is 2.25. The van der Waals surface area contributed by atoms with Crippen LogP contribution in [0.1, 0.15) is 31.4 Å². The molecule has 0 aliphatic carbocycles. The molecule has 0 spiro atoms. The van der Waals surface area contributed by atoms with E-state index in [0.717, 1.165) is 37.2 Å². The van der Waals surface area contributed by atoms with Gasteiger partial charge in [0.05, 0.1) is 5.56 Å². The molecule has 1 unspecified atom stereocenters. The van der Waals surface area contributed by atoms with Crippen molar-refractivity contribution < 1.29 is 4.39 Å². The van der Waals surface area contributed by atoms with Gasteiger partial charge < -0.3 is 5.73 Å². The first-order chi connectivity index (χ1) is 12.9. The molecule has 0 amide bonds. The number of hydrogen-bond donors (Lipinski definition) is 1. The number of nitriles is 1. The van der Waals surface area contributed by atoms with Gasteiger partial charge in [0, 0.05) is 36.3 Å². The molecule has 3 atom stereocenters. The summed E-state index contributed by atoms with van der Waals surface area (Å²) in [4.78, 5) is 2.44. The third-order valence-corrected chi connectivity index (χ3v) is 5.69. The van der Waals surface area contributed by atoms with E-state index < -0.39 is 5.82 Å². The van der Waals surface area contributed by atoms with Crippen LogP contribution < -0.4 is 5.73 Å². The van der Waals surface area contributed by atoms with E-state index in [1.54, 1.807) is 6.07 Å². The van der Waals surface area contributed by atoms with Crippen LogP contribution >= 0.6 is 11.6 Å². The predicted molar refractivity (Wildman–Crippen MR) is 108 cm³/mol. The summed E-state index contributed by atoms with van der Waals surface area (Å²) in [5.74, 6) is 0.485. The van der Waals surface area contributed by atoms with Crippen LogP contribution in [-0.2, 0) is 6.54 Å². The third-order valence-electron chi connectivity index (χ3n) is 5.36. The molecule has 0 bridgehead atoms. The van der Waals surface area contributed by atoms with Gasteiger partial charge in [-0.25, -0.2) is 4.39 Å². The molecule has 1 fully saturated rings. The van der Waals surface area contributed by atoms with Gasteiger partial charge in [-0.05, 0) is 53.6 Å². The minimum Gasteiger partial charge on any atom is -0.327 e. The molecule has 0 radical (unpaired) electrons. The zero-order chi connectivity index (χ0) is 19.6. The molecule has 2 N–H and O–H groups in total. The Labute approximate surface area is 165 Å². The molecular weight excluding hydrogens is 361 g/mol.